The van der Waals surface area contributed by atoms with Crippen molar-refractivity contribution in [1.29, 1.82) is 0 Å². The van der Waals surface area contributed by atoms with Gasteiger partial charge in [-0.2, -0.15) is 5.10 Å². The van der Waals surface area contributed by atoms with Crippen LogP contribution >= 0.6 is 0 Å². The molecule has 0 unspecified atom stereocenters. The largest absolute Gasteiger partial charge is 0.353 e. The molecule has 4 rings (SSSR count). The fourth-order valence-corrected chi connectivity index (χ4v) is 3.38. The second-order valence-electron chi connectivity index (χ2n) is 7.67. The van der Waals surface area contributed by atoms with Crippen molar-refractivity contribution in [1.82, 2.24) is 30.0 Å². The van der Waals surface area contributed by atoms with Crippen molar-refractivity contribution in [2.45, 2.75) is 20.0 Å². The van der Waals surface area contributed by atoms with Crippen LogP contribution in [0.5, 0.6) is 0 Å². The topological polar surface area (TPSA) is 111 Å². The van der Waals surface area contributed by atoms with E-state index in [-0.39, 0.29) is 30.5 Å². The molecule has 0 fully saturated rings. The Morgan fingerprint density at radius 1 is 1.00 bits per heavy atom. The van der Waals surface area contributed by atoms with Gasteiger partial charge in [0.25, 0.3) is 11.5 Å². The van der Waals surface area contributed by atoms with Crippen molar-refractivity contribution in [2.75, 3.05) is 13.1 Å². The van der Waals surface area contributed by atoms with Gasteiger partial charge < -0.3 is 10.6 Å². The Morgan fingerprint density at radius 3 is 2.52 bits per heavy atom. The number of hydrogen-bond acceptors (Lipinski definition) is 5. The highest BCUT2D eigenvalue weighted by Crippen LogP contribution is 2.08. The predicted octanol–water partition coefficient (Wildman–Crippen LogP) is 1.50. The second kappa shape index (κ2) is 9.90. The maximum Gasteiger partial charge on any atom is 0.264 e. The maximum atomic E-state index is 12.8. The molecular weight excluding hydrogens is 420 g/mol. The molecule has 2 N–H and O–H groups in total. The van der Waals surface area contributed by atoms with E-state index in [9.17, 15) is 14.4 Å². The fourth-order valence-electron chi connectivity index (χ4n) is 3.38. The molecule has 2 heterocycles. The summed E-state index contributed by atoms with van der Waals surface area (Å²) in [6.07, 6.45) is 3.01. The molecule has 0 bridgehead atoms. The van der Waals surface area contributed by atoms with Gasteiger partial charge in [-0.05, 0) is 24.6 Å². The number of nitrogens with one attached hydrogen (secondary N) is 2. The number of fused-ring (bicyclic) bond motifs is 1. The summed E-state index contributed by atoms with van der Waals surface area (Å²) < 4.78 is 3.13. The lowest BCUT2D eigenvalue weighted by Gasteiger charge is -2.08. The number of carbonyl (C=O) groups is 2. The third-order valence-electron chi connectivity index (χ3n) is 5.19. The molecule has 9 heteroatoms. The number of hydrogen-bond donors (Lipinski definition) is 2. The van der Waals surface area contributed by atoms with Crippen molar-refractivity contribution < 1.29 is 9.59 Å². The Hall–Kier alpha value is -4.27. The van der Waals surface area contributed by atoms with Gasteiger partial charge in [0.1, 0.15) is 11.7 Å². The van der Waals surface area contributed by atoms with Gasteiger partial charge in [-0.3, -0.25) is 19.0 Å². The Labute approximate surface area is 190 Å². The zero-order chi connectivity index (χ0) is 23.2. The van der Waals surface area contributed by atoms with Crippen LogP contribution in [0.4, 0.5) is 0 Å². The van der Waals surface area contributed by atoms with Crippen LogP contribution in [0, 0.1) is 6.92 Å². The summed E-state index contributed by atoms with van der Waals surface area (Å²) >= 11 is 0. The molecular formula is C24H24N6O3. The first-order valence-electron chi connectivity index (χ1n) is 10.6. The van der Waals surface area contributed by atoms with Crippen molar-refractivity contribution in [3.8, 4) is 0 Å². The summed E-state index contributed by atoms with van der Waals surface area (Å²) in [5.41, 5.74) is 2.96. The predicted molar refractivity (Wildman–Crippen MR) is 124 cm³/mol. The third-order valence-corrected chi connectivity index (χ3v) is 5.19. The highest BCUT2D eigenvalue weighted by atomic mass is 16.2. The molecule has 0 atom stereocenters. The Balaban J connectivity index is 1.32. The quantitative estimate of drug-likeness (QED) is 0.428. The maximum absolute atomic E-state index is 12.8. The standard InChI is InChI=1S/C24H24N6O3/c1-17-7-9-18(10-8-17)15-29-16-27-22-20(24(29)33)13-28-30(22)12-11-25-21(31)14-26-23(32)19-5-3-2-4-6-19/h2-10,13,16H,11-12,14-15H2,1H3,(H,25,31)(H,26,32). The van der Waals surface area contributed by atoms with Gasteiger partial charge in [0, 0.05) is 12.1 Å². The summed E-state index contributed by atoms with van der Waals surface area (Å²) in [5.74, 6) is -0.626. The van der Waals surface area contributed by atoms with Crippen molar-refractivity contribution in [2.24, 2.45) is 0 Å². The zero-order valence-electron chi connectivity index (χ0n) is 18.2. The Bertz CT molecular complexity index is 1330. The lowest BCUT2D eigenvalue weighted by Crippen LogP contribution is -2.38. The Morgan fingerprint density at radius 2 is 1.76 bits per heavy atom. The molecule has 9 nitrogen and oxygen atoms in total. The van der Waals surface area contributed by atoms with E-state index >= 15 is 0 Å². The summed E-state index contributed by atoms with van der Waals surface area (Å²) in [4.78, 5) is 41.3. The molecule has 2 aromatic heterocycles. The molecule has 0 aliphatic rings. The molecule has 168 valence electrons. The smallest absolute Gasteiger partial charge is 0.264 e. The van der Waals surface area contributed by atoms with Crippen LogP contribution in [0.15, 0.2) is 71.9 Å². The number of aromatic nitrogens is 4. The minimum Gasteiger partial charge on any atom is -0.353 e. The van der Waals surface area contributed by atoms with Crippen LogP contribution in [0.1, 0.15) is 21.5 Å². The molecule has 2 amide bonds. The van der Waals surface area contributed by atoms with Crippen molar-refractivity contribution >= 4 is 22.8 Å². The molecule has 0 aliphatic carbocycles. The average molecular weight is 444 g/mol. The minimum absolute atomic E-state index is 0.129. The van der Waals surface area contributed by atoms with Gasteiger partial charge in [0.2, 0.25) is 5.91 Å². The number of carbonyl (C=O) groups excluding carboxylic acids is 2. The second-order valence-corrected chi connectivity index (χ2v) is 7.67. The van der Waals surface area contributed by atoms with E-state index in [1.54, 1.807) is 33.5 Å². The van der Waals surface area contributed by atoms with Gasteiger partial charge in [-0.25, -0.2) is 9.67 Å². The summed E-state index contributed by atoms with van der Waals surface area (Å²) in [6.45, 7) is 2.94. The SMILES string of the molecule is Cc1ccc(Cn2cnc3c(cnn3CCNC(=O)CNC(=O)c3ccccc3)c2=O)cc1. The van der Waals surface area contributed by atoms with Crippen molar-refractivity contribution in [3.63, 3.8) is 0 Å². The zero-order valence-corrected chi connectivity index (χ0v) is 18.2. The van der Waals surface area contributed by atoms with E-state index in [2.05, 4.69) is 20.7 Å². The fraction of sp³-hybridized carbons (Fsp3) is 0.208. The Kier molecular flexibility index (Phi) is 6.58. The van der Waals surface area contributed by atoms with Crippen molar-refractivity contribution in [3.05, 3.63) is 94.2 Å². The lowest BCUT2D eigenvalue weighted by atomic mass is 10.1. The summed E-state index contributed by atoms with van der Waals surface area (Å²) in [6, 6.07) is 16.7. The number of nitrogens with zero attached hydrogens (tertiary/aromatic N) is 4. The monoisotopic (exact) mass is 444 g/mol. The number of amides is 2. The van der Waals surface area contributed by atoms with Crippen LogP contribution in [-0.2, 0) is 17.9 Å². The normalized spacial score (nSPS) is 10.8. The highest BCUT2D eigenvalue weighted by Gasteiger charge is 2.11. The molecule has 4 aromatic rings. The van der Waals surface area contributed by atoms with Crippen LogP contribution in [-0.4, -0.2) is 44.2 Å². The number of rotatable bonds is 8. The van der Waals surface area contributed by atoms with E-state index in [0.717, 1.165) is 11.1 Å². The lowest BCUT2D eigenvalue weighted by molar-refractivity contribution is -0.120. The number of aryl methyl sites for hydroxylation is 1. The molecule has 0 radical (unpaired) electrons. The van der Waals surface area contributed by atoms with Crippen LogP contribution in [0.25, 0.3) is 11.0 Å². The minimum atomic E-state index is -0.316. The van der Waals surface area contributed by atoms with Crippen LogP contribution in [0.2, 0.25) is 0 Å². The van der Waals surface area contributed by atoms with E-state index in [0.29, 0.717) is 29.7 Å². The van der Waals surface area contributed by atoms with E-state index in [4.69, 9.17) is 0 Å². The molecule has 0 aliphatic heterocycles. The summed E-state index contributed by atoms with van der Waals surface area (Å²) in [7, 11) is 0. The molecule has 2 aromatic carbocycles. The third kappa shape index (κ3) is 5.32. The average Bonchev–Trinajstić information content (AvgIpc) is 3.25. The van der Waals surface area contributed by atoms with Gasteiger partial charge in [-0.1, -0.05) is 48.0 Å². The molecule has 33 heavy (non-hydrogen) atoms. The molecule has 0 saturated heterocycles. The van der Waals surface area contributed by atoms with Crippen LogP contribution < -0.4 is 16.2 Å². The number of benzene rings is 2. The first kappa shape index (κ1) is 21.9. The van der Waals surface area contributed by atoms with Gasteiger partial charge >= 0.3 is 0 Å². The van der Waals surface area contributed by atoms with Gasteiger partial charge in [0.05, 0.1) is 25.8 Å². The van der Waals surface area contributed by atoms with Gasteiger partial charge in [-0.15, -0.1) is 0 Å². The molecule has 0 saturated carbocycles. The van der Waals surface area contributed by atoms with E-state index in [1.165, 1.54) is 12.5 Å². The molecule has 0 spiro atoms. The first-order chi connectivity index (χ1) is 16.0. The summed E-state index contributed by atoms with van der Waals surface area (Å²) in [5, 5.41) is 9.98. The van der Waals surface area contributed by atoms with E-state index in [1.807, 2.05) is 37.3 Å². The van der Waals surface area contributed by atoms with Gasteiger partial charge in [0.15, 0.2) is 5.65 Å². The first-order valence-corrected chi connectivity index (χ1v) is 10.6. The van der Waals surface area contributed by atoms with Crippen LogP contribution in [0.3, 0.4) is 0 Å². The van der Waals surface area contributed by atoms with E-state index < -0.39 is 0 Å². The highest BCUT2D eigenvalue weighted by molar-refractivity contribution is 5.96.